The summed E-state index contributed by atoms with van der Waals surface area (Å²) in [5, 5.41) is 0. The van der Waals surface area contributed by atoms with Gasteiger partial charge in [-0.15, -0.1) is 0 Å². The van der Waals surface area contributed by atoms with E-state index in [1.165, 1.54) is 30.4 Å². The lowest BCUT2D eigenvalue weighted by Gasteiger charge is -2.33. The van der Waals surface area contributed by atoms with E-state index >= 15 is 0 Å². The Labute approximate surface area is 169 Å². The van der Waals surface area contributed by atoms with Crippen molar-refractivity contribution in [2.45, 2.75) is 119 Å². The summed E-state index contributed by atoms with van der Waals surface area (Å²) >= 11 is 0. The van der Waals surface area contributed by atoms with Crippen LogP contribution in [0.2, 0.25) is 0 Å². The molecule has 27 heavy (non-hydrogen) atoms. The molecule has 4 fully saturated rings. The summed E-state index contributed by atoms with van der Waals surface area (Å²) in [7, 11) is 0. The highest BCUT2D eigenvalue weighted by molar-refractivity contribution is 5.03. The molecule has 0 bridgehead atoms. The normalized spacial score (nSPS) is 32.3. The van der Waals surface area contributed by atoms with Crippen molar-refractivity contribution >= 4 is 0 Å². The molecule has 3 aliphatic heterocycles. The van der Waals surface area contributed by atoms with Crippen LogP contribution in [0.25, 0.3) is 0 Å². The molecule has 3 atom stereocenters. The summed E-state index contributed by atoms with van der Waals surface area (Å²) in [6.45, 7) is 25.5. The standard InChI is InChI=1S/C7H12O.C6H12O.C6H12.C5H10O/c1-5-2-3-6-7(4-5)8-6;1-5(2)6(3,4)7-5;1-5(2)6(3)4;1-5(2)3-6-4-5/h5-7H,2-4H2,1H3;1-4H3;1-4H3;3-4H2,1-2H3. The molecule has 3 heteroatoms. The summed E-state index contributed by atoms with van der Waals surface area (Å²) in [5.41, 5.74) is 3.64. The maximum atomic E-state index is 5.35. The van der Waals surface area contributed by atoms with E-state index in [-0.39, 0.29) is 11.2 Å². The van der Waals surface area contributed by atoms with E-state index in [1.807, 2.05) is 0 Å². The van der Waals surface area contributed by atoms with E-state index < -0.39 is 0 Å². The first-order chi connectivity index (χ1) is 12.2. The molecule has 0 N–H and O–H groups in total. The number of ether oxygens (including phenoxy) is 3. The minimum absolute atomic E-state index is 0.146. The molecule has 3 nitrogen and oxygen atoms in total. The van der Waals surface area contributed by atoms with Crippen LogP contribution < -0.4 is 0 Å². The van der Waals surface area contributed by atoms with E-state index in [0.717, 1.165) is 19.1 Å². The molecule has 0 aromatic rings. The van der Waals surface area contributed by atoms with Gasteiger partial charge in [-0.05, 0) is 80.6 Å². The molecule has 4 aliphatic rings. The number of hydrogen-bond acceptors (Lipinski definition) is 3. The zero-order valence-corrected chi connectivity index (χ0v) is 20.0. The lowest BCUT2D eigenvalue weighted by Crippen LogP contribution is -2.36. The van der Waals surface area contributed by atoms with Gasteiger partial charge in [-0.3, -0.25) is 0 Å². The Hall–Kier alpha value is -0.380. The van der Waals surface area contributed by atoms with Gasteiger partial charge >= 0.3 is 0 Å². The van der Waals surface area contributed by atoms with Crippen molar-refractivity contribution in [1.29, 1.82) is 0 Å². The molecule has 0 aromatic carbocycles. The number of hydrogen-bond donors (Lipinski definition) is 0. The van der Waals surface area contributed by atoms with Crippen molar-refractivity contribution in [1.82, 2.24) is 0 Å². The lowest BCUT2D eigenvalue weighted by molar-refractivity contribution is -0.0892. The fourth-order valence-corrected chi connectivity index (χ4v) is 2.73. The second-order valence-electron chi connectivity index (χ2n) is 10.9. The number of fused-ring (bicyclic) bond motifs is 1. The topological polar surface area (TPSA) is 34.3 Å². The monoisotopic (exact) mass is 382 g/mol. The van der Waals surface area contributed by atoms with Gasteiger partial charge in [-0.2, -0.15) is 0 Å². The second kappa shape index (κ2) is 9.41. The summed E-state index contributed by atoms with van der Waals surface area (Å²) in [6.07, 6.45) is 5.41. The minimum Gasteiger partial charge on any atom is -0.380 e. The number of epoxide rings is 2. The first-order valence-corrected chi connectivity index (χ1v) is 10.7. The molecular formula is C24H46O3. The molecule has 1 aliphatic carbocycles. The van der Waals surface area contributed by atoms with Crippen molar-refractivity contribution in [3.8, 4) is 0 Å². The van der Waals surface area contributed by atoms with Crippen molar-refractivity contribution in [2.24, 2.45) is 11.3 Å². The zero-order chi connectivity index (χ0) is 21.0. The molecule has 4 rings (SSSR count). The lowest BCUT2D eigenvalue weighted by atomic mass is 9.91. The molecule has 1 saturated carbocycles. The van der Waals surface area contributed by atoms with Gasteiger partial charge in [0.15, 0.2) is 0 Å². The van der Waals surface area contributed by atoms with E-state index in [1.54, 1.807) is 0 Å². The number of rotatable bonds is 0. The van der Waals surface area contributed by atoms with Crippen LogP contribution in [0.15, 0.2) is 11.1 Å². The third kappa shape index (κ3) is 9.11. The quantitative estimate of drug-likeness (QED) is 0.352. The van der Waals surface area contributed by atoms with Crippen LogP contribution in [-0.2, 0) is 14.2 Å². The summed E-state index contributed by atoms with van der Waals surface area (Å²) in [6, 6.07) is 0. The molecule has 3 heterocycles. The molecule has 0 amide bonds. The SMILES string of the molecule is CC(C)=C(C)C.CC1(C)COC1.CC1(C)OC1(C)C.CC1CCC2OC2C1. The van der Waals surface area contributed by atoms with E-state index in [0.29, 0.717) is 17.6 Å². The molecule has 3 unspecified atom stereocenters. The average Bonchev–Trinajstić information content (AvgIpc) is 3.34. The predicted octanol–water partition coefficient (Wildman–Crippen LogP) is 6.55. The van der Waals surface area contributed by atoms with Crippen LogP contribution in [0, 0.1) is 11.3 Å². The Morgan fingerprint density at radius 3 is 1.33 bits per heavy atom. The third-order valence-corrected chi connectivity index (χ3v) is 6.17. The first kappa shape index (κ1) is 24.7. The Morgan fingerprint density at radius 1 is 0.741 bits per heavy atom. The highest BCUT2D eigenvalue weighted by Gasteiger charge is 2.55. The molecule has 160 valence electrons. The van der Waals surface area contributed by atoms with Gasteiger partial charge in [-0.25, -0.2) is 0 Å². The van der Waals surface area contributed by atoms with Crippen LogP contribution in [0.3, 0.4) is 0 Å². The van der Waals surface area contributed by atoms with Crippen LogP contribution in [-0.4, -0.2) is 36.6 Å². The Balaban J connectivity index is 0.000000182. The Morgan fingerprint density at radius 2 is 1.15 bits per heavy atom. The smallest absolute Gasteiger partial charge is 0.0918 e. The van der Waals surface area contributed by atoms with Gasteiger partial charge in [-0.1, -0.05) is 31.9 Å². The molecule has 0 radical (unpaired) electrons. The fourth-order valence-electron chi connectivity index (χ4n) is 2.73. The van der Waals surface area contributed by atoms with Gasteiger partial charge in [0.1, 0.15) is 0 Å². The average molecular weight is 383 g/mol. The van der Waals surface area contributed by atoms with Crippen LogP contribution in [0.5, 0.6) is 0 Å². The zero-order valence-electron chi connectivity index (χ0n) is 20.0. The fraction of sp³-hybridized carbons (Fsp3) is 0.917. The molecule has 3 saturated heterocycles. The van der Waals surface area contributed by atoms with Gasteiger partial charge in [0.05, 0.1) is 36.6 Å². The van der Waals surface area contributed by atoms with E-state index in [2.05, 4.69) is 76.2 Å². The summed E-state index contributed by atoms with van der Waals surface area (Å²) in [5.74, 6) is 0.929. The Bertz CT molecular complexity index is 466. The Kier molecular flexibility index (Phi) is 8.60. The molecule has 0 spiro atoms. The maximum absolute atomic E-state index is 5.35. The predicted molar refractivity (Wildman–Crippen MR) is 115 cm³/mol. The highest BCUT2D eigenvalue weighted by Crippen LogP contribution is 2.46. The second-order valence-corrected chi connectivity index (χ2v) is 10.9. The van der Waals surface area contributed by atoms with E-state index in [9.17, 15) is 0 Å². The van der Waals surface area contributed by atoms with Crippen molar-refractivity contribution in [2.75, 3.05) is 13.2 Å². The van der Waals surface area contributed by atoms with Gasteiger partial charge < -0.3 is 14.2 Å². The summed E-state index contributed by atoms with van der Waals surface area (Å²) < 4.78 is 15.6. The highest BCUT2D eigenvalue weighted by atomic mass is 16.6. The van der Waals surface area contributed by atoms with Crippen molar-refractivity contribution in [3.63, 3.8) is 0 Å². The first-order valence-electron chi connectivity index (χ1n) is 10.7. The molecule has 0 aromatic heterocycles. The van der Waals surface area contributed by atoms with Gasteiger partial charge in [0.25, 0.3) is 0 Å². The maximum Gasteiger partial charge on any atom is 0.0918 e. The van der Waals surface area contributed by atoms with Crippen molar-refractivity contribution < 1.29 is 14.2 Å². The van der Waals surface area contributed by atoms with Gasteiger partial charge in [0.2, 0.25) is 0 Å². The van der Waals surface area contributed by atoms with Crippen LogP contribution in [0.1, 0.15) is 95.4 Å². The largest absolute Gasteiger partial charge is 0.380 e. The van der Waals surface area contributed by atoms with Crippen molar-refractivity contribution in [3.05, 3.63) is 11.1 Å². The number of allylic oxidation sites excluding steroid dienone is 2. The van der Waals surface area contributed by atoms with Crippen LogP contribution >= 0.6 is 0 Å². The van der Waals surface area contributed by atoms with E-state index in [4.69, 9.17) is 14.2 Å². The third-order valence-electron chi connectivity index (χ3n) is 6.17. The summed E-state index contributed by atoms with van der Waals surface area (Å²) in [4.78, 5) is 0. The van der Waals surface area contributed by atoms with Crippen LogP contribution in [0.4, 0.5) is 0 Å². The molecular weight excluding hydrogens is 336 g/mol. The minimum atomic E-state index is 0.146. The van der Waals surface area contributed by atoms with Gasteiger partial charge in [0, 0.05) is 5.41 Å².